The monoisotopic (exact) mass is 437 g/mol. The molecule has 2 N–H and O–H groups in total. The first-order valence-corrected chi connectivity index (χ1v) is 9.41. The zero-order valence-electron chi connectivity index (χ0n) is 16.0. The summed E-state index contributed by atoms with van der Waals surface area (Å²) in [5.74, 6) is -0.384. The molecule has 2 aliphatic heterocycles. The van der Waals surface area contributed by atoms with Crippen molar-refractivity contribution in [2.24, 2.45) is 0 Å². The van der Waals surface area contributed by atoms with Crippen LogP contribution in [0, 0.1) is 0 Å². The number of ether oxygens (including phenoxy) is 3. The average Bonchev–Trinajstić information content (AvgIpc) is 3.32. The first-order chi connectivity index (χ1) is 14.8. The molecule has 0 bridgehead atoms. The second-order valence-corrected chi connectivity index (χ2v) is 7.04. The summed E-state index contributed by atoms with van der Waals surface area (Å²) in [6, 6.07) is 8.71. The molecule has 0 saturated carbocycles. The lowest BCUT2D eigenvalue weighted by Crippen LogP contribution is -2.44. The highest BCUT2D eigenvalue weighted by Gasteiger charge is 2.50. The van der Waals surface area contributed by atoms with Gasteiger partial charge in [-0.05, 0) is 30.3 Å². The maximum atomic E-state index is 12.8. The van der Waals surface area contributed by atoms with Crippen LogP contribution in [0.25, 0.3) is 0 Å². The fraction of sp³-hybridized carbons (Fsp3) is 0.350. The minimum Gasteiger partial charge on any atom is -0.441 e. The van der Waals surface area contributed by atoms with Gasteiger partial charge in [-0.2, -0.15) is 13.2 Å². The van der Waals surface area contributed by atoms with E-state index in [-0.39, 0.29) is 30.5 Å². The Hall–Kier alpha value is -3.18. The second kappa shape index (κ2) is 8.52. The molecule has 0 unspecified atom stereocenters. The summed E-state index contributed by atoms with van der Waals surface area (Å²) in [4.78, 5) is 28.4. The number of rotatable bonds is 4. The molecule has 0 spiro atoms. The Kier molecular flexibility index (Phi) is 5.79. The van der Waals surface area contributed by atoms with Crippen molar-refractivity contribution in [3.05, 3.63) is 59.9 Å². The zero-order valence-corrected chi connectivity index (χ0v) is 16.0. The minimum atomic E-state index is -4.53. The van der Waals surface area contributed by atoms with Crippen LogP contribution in [0.1, 0.15) is 16.1 Å². The van der Waals surface area contributed by atoms with Crippen molar-refractivity contribution >= 4 is 17.7 Å². The number of alkyl halides is 3. The third-order valence-electron chi connectivity index (χ3n) is 4.92. The van der Waals surface area contributed by atoms with E-state index in [4.69, 9.17) is 14.2 Å². The number of carbonyl (C=O) groups excluding carboxylic acids is 2. The van der Waals surface area contributed by atoms with E-state index in [1.807, 2.05) is 0 Å². The van der Waals surface area contributed by atoms with Gasteiger partial charge in [0.1, 0.15) is 17.9 Å². The van der Waals surface area contributed by atoms with Gasteiger partial charge in [0.05, 0.1) is 24.8 Å². The molecule has 4 rings (SSSR count). The predicted molar refractivity (Wildman–Crippen MR) is 100 cm³/mol. The van der Waals surface area contributed by atoms with Crippen molar-refractivity contribution in [1.29, 1.82) is 0 Å². The number of hydrogen-bond acceptors (Lipinski definition) is 6. The summed E-state index contributed by atoms with van der Waals surface area (Å²) in [5.41, 5.74) is -0.694. The molecule has 31 heavy (non-hydrogen) atoms. The standard InChI is InChI=1S/C20H18F3N3O5/c21-20(22,23)11-4-3-5-12(8-11)25-19(28)31-15-10-30-16-14(9-29-17(15)16)26-18(27)13-6-1-2-7-24-13/h1-8,14-17H,9-10H2,(H,25,28)(H,26,27)/t14-,15+,16+,17+/m0/s1. The van der Waals surface area contributed by atoms with Crippen molar-refractivity contribution in [3.8, 4) is 0 Å². The third kappa shape index (κ3) is 4.78. The summed E-state index contributed by atoms with van der Waals surface area (Å²) in [6.07, 6.45) is -5.87. The predicted octanol–water partition coefficient (Wildman–Crippen LogP) is 2.61. The Bertz CT molecular complexity index is 957. The summed E-state index contributed by atoms with van der Waals surface area (Å²) >= 11 is 0. The molecule has 1 aromatic carbocycles. The van der Waals surface area contributed by atoms with Crippen molar-refractivity contribution in [3.63, 3.8) is 0 Å². The third-order valence-corrected chi connectivity index (χ3v) is 4.92. The summed E-state index contributed by atoms with van der Waals surface area (Å²) < 4.78 is 55.0. The van der Waals surface area contributed by atoms with Crippen molar-refractivity contribution in [1.82, 2.24) is 10.3 Å². The van der Waals surface area contributed by atoms with E-state index in [9.17, 15) is 22.8 Å². The number of halogens is 3. The molecule has 3 heterocycles. The van der Waals surface area contributed by atoms with Crippen molar-refractivity contribution < 1.29 is 37.0 Å². The first kappa shape index (κ1) is 21.1. The number of fused-ring (bicyclic) bond motifs is 1. The summed E-state index contributed by atoms with van der Waals surface area (Å²) in [6.45, 7) is 0.185. The van der Waals surface area contributed by atoms with Crippen LogP contribution in [0.3, 0.4) is 0 Å². The number of aromatic nitrogens is 1. The second-order valence-electron chi connectivity index (χ2n) is 7.04. The van der Waals surface area contributed by atoms with Gasteiger partial charge < -0.3 is 19.5 Å². The van der Waals surface area contributed by atoms with Crippen LogP contribution in [0.2, 0.25) is 0 Å². The highest BCUT2D eigenvalue weighted by Crippen LogP contribution is 2.31. The molecule has 0 aliphatic carbocycles. The lowest BCUT2D eigenvalue weighted by molar-refractivity contribution is -0.137. The molecule has 2 aliphatic rings. The van der Waals surface area contributed by atoms with Gasteiger partial charge >= 0.3 is 12.3 Å². The fourth-order valence-corrected chi connectivity index (χ4v) is 3.49. The molecule has 11 heteroatoms. The van der Waals surface area contributed by atoms with E-state index in [0.717, 1.165) is 12.1 Å². The number of anilines is 1. The number of hydrogen-bond donors (Lipinski definition) is 2. The Labute approximate surface area is 174 Å². The van der Waals surface area contributed by atoms with Crippen LogP contribution in [0.4, 0.5) is 23.7 Å². The van der Waals surface area contributed by atoms with Gasteiger partial charge in [-0.15, -0.1) is 0 Å². The zero-order chi connectivity index (χ0) is 22.0. The van der Waals surface area contributed by atoms with Crippen LogP contribution in [0.5, 0.6) is 0 Å². The van der Waals surface area contributed by atoms with Gasteiger partial charge in [0.25, 0.3) is 5.91 Å². The Morgan fingerprint density at radius 1 is 1.06 bits per heavy atom. The number of pyridine rings is 1. The van der Waals surface area contributed by atoms with Gasteiger partial charge in [0.2, 0.25) is 0 Å². The van der Waals surface area contributed by atoms with Crippen LogP contribution in [0.15, 0.2) is 48.7 Å². The molecule has 4 atom stereocenters. The maximum Gasteiger partial charge on any atom is 0.416 e. The molecule has 1 aromatic heterocycles. The minimum absolute atomic E-state index is 0.0291. The van der Waals surface area contributed by atoms with Gasteiger partial charge in [-0.3, -0.25) is 15.1 Å². The summed E-state index contributed by atoms with van der Waals surface area (Å²) in [5, 5.41) is 5.06. The maximum absolute atomic E-state index is 12.8. The SMILES string of the molecule is O=C(Nc1cccc(C(F)(F)F)c1)O[C@@H]1CO[C@H]2[C@@H]1OC[C@@H]2NC(=O)c1ccccn1. The van der Waals surface area contributed by atoms with Crippen molar-refractivity contribution in [2.75, 3.05) is 18.5 Å². The van der Waals surface area contributed by atoms with Gasteiger partial charge in [-0.1, -0.05) is 12.1 Å². The molecule has 164 valence electrons. The molecule has 8 nitrogen and oxygen atoms in total. The first-order valence-electron chi connectivity index (χ1n) is 9.41. The van der Waals surface area contributed by atoms with E-state index in [0.29, 0.717) is 0 Å². The smallest absolute Gasteiger partial charge is 0.416 e. The summed E-state index contributed by atoms with van der Waals surface area (Å²) in [7, 11) is 0. The number of benzene rings is 1. The molecule has 2 amide bonds. The Morgan fingerprint density at radius 3 is 2.61 bits per heavy atom. The highest BCUT2D eigenvalue weighted by atomic mass is 19.4. The van der Waals surface area contributed by atoms with Gasteiger partial charge in [0, 0.05) is 11.9 Å². The van der Waals surface area contributed by atoms with Gasteiger partial charge in [0.15, 0.2) is 6.10 Å². The van der Waals surface area contributed by atoms with Crippen LogP contribution < -0.4 is 10.6 Å². The molecule has 2 fully saturated rings. The quantitative estimate of drug-likeness (QED) is 0.763. The van der Waals surface area contributed by atoms with E-state index < -0.39 is 42.2 Å². The van der Waals surface area contributed by atoms with Gasteiger partial charge in [-0.25, -0.2) is 4.79 Å². The van der Waals surface area contributed by atoms with Crippen LogP contribution >= 0.6 is 0 Å². The molecular formula is C20H18F3N3O5. The van der Waals surface area contributed by atoms with Crippen LogP contribution in [-0.4, -0.2) is 54.6 Å². The number of carbonyl (C=O) groups is 2. The van der Waals surface area contributed by atoms with E-state index >= 15 is 0 Å². The highest BCUT2D eigenvalue weighted by molar-refractivity contribution is 5.92. The molecule has 2 aromatic rings. The Balaban J connectivity index is 1.32. The molecule has 2 saturated heterocycles. The van der Waals surface area contributed by atoms with Crippen molar-refractivity contribution in [2.45, 2.75) is 30.5 Å². The normalized spacial score (nSPS) is 25.0. The van der Waals surface area contributed by atoms with E-state index in [1.165, 1.54) is 18.3 Å². The lowest BCUT2D eigenvalue weighted by Gasteiger charge is -2.18. The van der Waals surface area contributed by atoms with E-state index in [1.54, 1.807) is 18.2 Å². The number of nitrogens with one attached hydrogen (secondary N) is 2. The lowest BCUT2D eigenvalue weighted by atomic mass is 10.1. The average molecular weight is 437 g/mol. The topological polar surface area (TPSA) is 98.8 Å². The van der Waals surface area contributed by atoms with E-state index in [2.05, 4.69) is 15.6 Å². The fourth-order valence-electron chi connectivity index (χ4n) is 3.49. The number of amides is 2. The molecule has 0 radical (unpaired) electrons. The number of nitrogens with zero attached hydrogens (tertiary/aromatic N) is 1. The Morgan fingerprint density at radius 2 is 1.87 bits per heavy atom. The largest absolute Gasteiger partial charge is 0.441 e. The van der Waals surface area contributed by atoms with Crippen LogP contribution in [-0.2, 0) is 20.4 Å². The molecular weight excluding hydrogens is 419 g/mol.